The molecule has 100 valence electrons. The first-order chi connectivity index (χ1) is 8.50. The molecule has 1 aromatic carbocycles. The van der Waals surface area contributed by atoms with Crippen molar-refractivity contribution in [1.82, 2.24) is 10.2 Å². The zero-order valence-corrected chi connectivity index (χ0v) is 12.4. The molecule has 1 saturated carbocycles. The number of aryl methyl sites for hydroxylation is 2. The fourth-order valence-electron chi connectivity index (χ4n) is 3.27. The van der Waals surface area contributed by atoms with Crippen LogP contribution in [0.15, 0.2) is 18.2 Å². The Hall–Kier alpha value is -0.860. The Morgan fingerprint density at radius 1 is 1.28 bits per heavy atom. The van der Waals surface area contributed by atoms with Crippen molar-refractivity contribution in [3.8, 4) is 0 Å². The maximum Gasteiger partial charge on any atom is 0.0413 e. The van der Waals surface area contributed by atoms with Crippen molar-refractivity contribution in [2.45, 2.75) is 32.7 Å². The van der Waals surface area contributed by atoms with Gasteiger partial charge in [0.1, 0.15) is 0 Å². The molecular formula is C16H26N2. The molecule has 18 heavy (non-hydrogen) atoms. The molecule has 0 saturated heterocycles. The van der Waals surface area contributed by atoms with Gasteiger partial charge in [-0.15, -0.1) is 0 Å². The highest BCUT2D eigenvalue weighted by Gasteiger charge is 2.50. The number of rotatable bonds is 5. The first-order valence-electron chi connectivity index (χ1n) is 6.88. The van der Waals surface area contributed by atoms with Crippen LogP contribution in [0.25, 0.3) is 0 Å². The average Bonchev–Trinajstić information content (AvgIpc) is 3.04. The van der Waals surface area contributed by atoms with Gasteiger partial charge in [-0.3, -0.25) is 0 Å². The molecule has 0 aliphatic heterocycles. The molecule has 0 amide bonds. The zero-order chi connectivity index (χ0) is 13.3. The predicted octanol–water partition coefficient (Wildman–Crippen LogP) is 2.91. The van der Waals surface area contributed by atoms with Crippen molar-refractivity contribution in [2.24, 2.45) is 5.41 Å². The van der Waals surface area contributed by atoms with Gasteiger partial charge in [-0.2, -0.15) is 0 Å². The molecule has 2 rings (SSSR count). The van der Waals surface area contributed by atoms with E-state index in [-0.39, 0.29) is 0 Å². The third-order valence-electron chi connectivity index (χ3n) is 4.25. The standard InChI is InChI=1S/C16H26N2/c1-12-6-7-13(2)14(10-12)15(18(4)5)16(8-9-16)11-17-3/h6-7,10,15,17H,8-9,11H2,1-5H3. The molecule has 0 bridgehead atoms. The minimum absolute atomic E-state index is 0.441. The quantitative estimate of drug-likeness (QED) is 0.859. The third-order valence-corrected chi connectivity index (χ3v) is 4.25. The second-order valence-corrected chi connectivity index (χ2v) is 6.12. The molecule has 1 aliphatic carbocycles. The van der Waals surface area contributed by atoms with Gasteiger partial charge in [0.15, 0.2) is 0 Å². The van der Waals surface area contributed by atoms with Gasteiger partial charge in [0.05, 0.1) is 0 Å². The molecule has 2 nitrogen and oxygen atoms in total. The molecule has 1 atom stereocenters. The van der Waals surface area contributed by atoms with Crippen molar-refractivity contribution >= 4 is 0 Å². The molecule has 1 fully saturated rings. The van der Waals surface area contributed by atoms with E-state index in [4.69, 9.17) is 0 Å². The van der Waals surface area contributed by atoms with Gasteiger partial charge in [0.25, 0.3) is 0 Å². The Kier molecular flexibility index (Phi) is 3.79. The second kappa shape index (κ2) is 5.02. The summed E-state index contributed by atoms with van der Waals surface area (Å²) in [6, 6.07) is 7.38. The van der Waals surface area contributed by atoms with Crippen LogP contribution in [-0.4, -0.2) is 32.6 Å². The smallest absolute Gasteiger partial charge is 0.0413 e. The minimum atomic E-state index is 0.441. The highest BCUT2D eigenvalue weighted by molar-refractivity contribution is 5.35. The molecule has 1 aromatic rings. The maximum absolute atomic E-state index is 3.38. The lowest BCUT2D eigenvalue weighted by molar-refractivity contribution is 0.191. The summed E-state index contributed by atoms with van der Waals surface area (Å²) in [5, 5.41) is 3.38. The van der Waals surface area contributed by atoms with Crippen molar-refractivity contribution < 1.29 is 0 Å². The lowest BCUT2D eigenvalue weighted by Gasteiger charge is -2.34. The van der Waals surface area contributed by atoms with Crippen LogP contribution >= 0.6 is 0 Å². The van der Waals surface area contributed by atoms with E-state index in [9.17, 15) is 0 Å². The van der Waals surface area contributed by atoms with Crippen LogP contribution in [0.5, 0.6) is 0 Å². The topological polar surface area (TPSA) is 15.3 Å². The van der Waals surface area contributed by atoms with Gasteiger partial charge in [-0.25, -0.2) is 0 Å². The summed E-state index contributed by atoms with van der Waals surface area (Å²) < 4.78 is 0. The number of nitrogens with one attached hydrogen (secondary N) is 1. The molecule has 0 spiro atoms. The van der Waals surface area contributed by atoms with E-state index in [1.165, 1.54) is 29.5 Å². The first-order valence-corrected chi connectivity index (χ1v) is 6.88. The Labute approximate surface area is 111 Å². The van der Waals surface area contributed by atoms with Crippen LogP contribution in [0.4, 0.5) is 0 Å². The van der Waals surface area contributed by atoms with E-state index in [2.05, 4.69) is 63.4 Å². The Bertz CT molecular complexity index is 419. The summed E-state index contributed by atoms with van der Waals surface area (Å²) in [5.74, 6) is 0. The van der Waals surface area contributed by atoms with Crippen molar-refractivity contribution in [3.05, 3.63) is 34.9 Å². The van der Waals surface area contributed by atoms with Gasteiger partial charge < -0.3 is 10.2 Å². The number of hydrogen-bond acceptors (Lipinski definition) is 2. The van der Waals surface area contributed by atoms with Crippen LogP contribution < -0.4 is 5.32 Å². The SMILES string of the molecule is CNCC1(C(c2cc(C)ccc2C)N(C)C)CC1. The number of nitrogens with zero attached hydrogens (tertiary/aromatic N) is 1. The molecule has 1 aliphatic rings. The van der Waals surface area contributed by atoms with Gasteiger partial charge in [0.2, 0.25) is 0 Å². The Balaban J connectivity index is 2.39. The van der Waals surface area contributed by atoms with Gasteiger partial charge in [0, 0.05) is 18.0 Å². The molecule has 0 radical (unpaired) electrons. The van der Waals surface area contributed by atoms with Gasteiger partial charge in [-0.1, -0.05) is 23.8 Å². The van der Waals surface area contributed by atoms with Crippen LogP contribution in [0.1, 0.15) is 35.6 Å². The zero-order valence-electron chi connectivity index (χ0n) is 12.4. The van der Waals surface area contributed by atoms with Crippen LogP contribution in [0.2, 0.25) is 0 Å². The van der Waals surface area contributed by atoms with Gasteiger partial charge >= 0.3 is 0 Å². The summed E-state index contributed by atoms with van der Waals surface area (Å²) in [4.78, 5) is 2.39. The van der Waals surface area contributed by atoms with Gasteiger partial charge in [-0.05, 0) is 59.0 Å². The van der Waals surface area contributed by atoms with E-state index >= 15 is 0 Å². The summed E-state index contributed by atoms with van der Waals surface area (Å²) in [5.41, 5.74) is 4.73. The molecule has 0 aromatic heterocycles. The summed E-state index contributed by atoms with van der Waals surface area (Å²) in [6.07, 6.45) is 2.67. The third kappa shape index (κ3) is 2.45. The van der Waals surface area contributed by atoms with E-state index in [1.807, 2.05) is 0 Å². The number of hydrogen-bond donors (Lipinski definition) is 1. The summed E-state index contributed by atoms with van der Waals surface area (Å²) >= 11 is 0. The Morgan fingerprint density at radius 3 is 2.44 bits per heavy atom. The minimum Gasteiger partial charge on any atom is -0.319 e. The van der Waals surface area contributed by atoms with Crippen LogP contribution in [0, 0.1) is 19.3 Å². The molecule has 2 heteroatoms. The first kappa shape index (κ1) is 13.6. The molecule has 1 unspecified atom stereocenters. The summed E-state index contributed by atoms with van der Waals surface area (Å²) in [6.45, 7) is 5.54. The van der Waals surface area contributed by atoms with Crippen molar-refractivity contribution in [1.29, 1.82) is 0 Å². The molecule has 0 heterocycles. The van der Waals surface area contributed by atoms with E-state index < -0.39 is 0 Å². The highest BCUT2D eigenvalue weighted by atomic mass is 15.1. The maximum atomic E-state index is 3.38. The largest absolute Gasteiger partial charge is 0.319 e. The molecular weight excluding hydrogens is 220 g/mol. The lowest BCUT2D eigenvalue weighted by Crippen LogP contribution is -2.35. The second-order valence-electron chi connectivity index (χ2n) is 6.12. The lowest BCUT2D eigenvalue weighted by atomic mass is 9.86. The predicted molar refractivity (Wildman–Crippen MR) is 77.9 cm³/mol. The van der Waals surface area contributed by atoms with Crippen LogP contribution in [-0.2, 0) is 0 Å². The fourth-order valence-corrected chi connectivity index (χ4v) is 3.27. The van der Waals surface area contributed by atoms with E-state index in [0.29, 0.717) is 11.5 Å². The normalized spacial score (nSPS) is 19.0. The van der Waals surface area contributed by atoms with Crippen molar-refractivity contribution in [2.75, 3.05) is 27.7 Å². The fraction of sp³-hybridized carbons (Fsp3) is 0.625. The molecule has 1 N–H and O–H groups in total. The van der Waals surface area contributed by atoms with E-state index in [1.54, 1.807) is 0 Å². The highest BCUT2D eigenvalue weighted by Crippen LogP contribution is 2.56. The van der Waals surface area contributed by atoms with E-state index in [0.717, 1.165) is 6.54 Å². The van der Waals surface area contributed by atoms with Crippen molar-refractivity contribution in [3.63, 3.8) is 0 Å². The number of benzene rings is 1. The summed E-state index contributed by atoms with van der Waals surface area (Å²) in [7, 11) is 6.49. The average molecular weight is 246 g/mol. The van der Waals surface area contributed by atoms with Crippen LogP contribution in [0.3, 0.4) is 0 Å². The monoisotopic (exact) mass is 246 g/mol. The Morgan fingerprint density at radius 2 is 1.94 bits per heavy atom.